The minimum atomic E-state index is -0.788. The molecule has 0 aromatic heterocycles. The van der Waals surface area contributed by atoms with Gasteiger partial charge in [0.05, 0.1) is 5.92 Å². The molecule has 1 aromatic rings. The van der Waals surface area contributed by atoms with E-state index in [1.807, 2.05) is 12.1 Å². The molecule has 0 aliphatic heterocycles. The normalized spacial score (nSPS) is 30.9. The molecule has 4 heteroatoms. The third kappa shape index (κ3) is 2.80. The predicted octanol–water partition coefficient (Wildman–Crippen LogP) is 2.47. The molecule has 3 rings (SSSR count). The summed E-state index contributed by atoms with van der Waals surface area (Å²) >= 11 is 0. The molecule has 0 heterocycles. The third-order valence-electron chi connectivity index (χ3n) is 4.88. The summed E-state index contributed by atoms with van der Waals surface area (Å²) < 4.78 is 0. The molecular weight excluding hydrogens is 266 g/mol. The van der Waals surface area contributed by atoms with Gasteiger partial charge in [0.1, 0.15) is 0 Å². The van der Waals surface area contributed by atoms with Crippen LogP contribution >= 0.6 is 0 Å². The lowest BCUT2D eigenvalue weighted by atomic mass is 10.0. The molecule has 112 valence electrons. The van der Waals surface area contributed by atoms with Crippen molar-refractivity contribution in [2.24, 2.45) is 11.8 Å². The van der Waals surface area contributed by atoms with E-state index in [1.54, 1.807) is 0 Å². The Hall–Kier alpha value is -1.84. The van der Waals surface area contributed by atoms with Crippen molar-refractivity contribution in [1.82, 2.24) is 5.32 Å². The smallest absolute Gasteiger partial charge is 0.308 e. The number of carboxylic acids is 1. The second-order valence-corrected chi connectivity index (χ2v) is 6.30. The SMILES string of the molecule is Cc1ccccc1C1CC1C(=O)N[C@@H]1CCC[C@@H]1C(=O)O. The van der Waals surface area contributed by atoms with Gasteiger partial charge in [0.15, 0.2) is 0 Å². The fourth-order valence-corrected chi connectivity index (χ4v) is 3.55. The van der Waals surface area contributed by atoms with Gasteiger partial charge in [-0.05, 0) is 43.2 Å². The molecule has 2 unspecified atom stereocenters. The molecule has 2 aliphatic rings. The lowest BCUT2D eigenvalue weighted by Crippen LogP contribution is -2.41. The summed E-state index contributed by atoms with van der Waals surface area (Å²) in [5.74, 6) is -0.855. The van der Waals surface area contributed by atoms with Crippen LogP contribution in [0.25, 0.3) is 0 Å². The van der Waals surface area contributed by atoms with Crippen molar-refractivity contribution in [1.29, 1.82) is 0 Å². The van der Waals surface area contributed by atoms with Crippen LogP contribution in [0.5, 0.6) is 0 Å². The van der Waals surface area contributed by atoms with E-state index in [0.29, 0.717) is 12.3 Å². The van der Waals surface area contributed by atoms with Gasteiger partial charge in [-0.15, -0.1) is 0 Å². The number of carbonyl (C=O) groups excluding carboxylic acids is 1. The van der Waals surface area contributed by atoms with Gasteiger partial charge in [-0.3, -0.25) is 9.59 Å². The van der Waals surface area contributed by atoms with Crippen LogP contribution in [-0.2, 0) is 9.59 Å². The molecule has 2 N–H and O–H groups in total. The van der Waals surface area contributed by atoms with Crippen molar-refractivity contribution >= 4 is 11.9 Å². The molecule has 21 heavy (non-hydrogen) atoms. The van der Waals surface area contributed by atoms with E-state index in [9.17, 15) is 9.59 Å². The predicted molar refractivity (Wildman–Crippen MR) is 78.9 cm³/mol. The van der Waals surface area contributed by atoms with Gasteiger partial charge >= 0.3 is 5.97 Å². The molecule has 2 saturated carbocycles. The Balaban J connectivity index is 1.61. The number of nitrogens with one attached hydrogen (secondary N) is 1. The van der Waals surface area contributed by atoms with Crippen LogP contribution in [0.15, 0.2) is 24.3 Å². The Morgan fingerprint density at radius 1 is 1.19 bits per heavy atom. The lowest BCUT2D eigenvalue weighted by molar-refractivity contribution is -0.142. The maximum absolute atomic E-state index is 12.3. The molecule has 0 spiro atoms. The third-order valence-corrected chi connectivity index (χ3v) is 4.88. The maximum atomic E-state index is 12.3. The number of carbonyl (C=O) groups is 2. The molecule has 4 nitrogen and oxygen atoms in total. The van der Waals surface area contributed by atoms with E-state index in [4.69, 9.17) is 5.11 Å². The molecule has 2 aliphatic carbocycles. The number of carboxylic acid groups (broad SMARTS) is 1. The standard InChI is InChI=1S/C17H21NO3/c1-10-5-2-3-6-11(10)13-9-14(13)16(19)18-15-8-4-7-12(15)17(20)21/h2-3,5-6,12-15H,4,7-9H2,1H3,(H,18,19)(H,20,21)/t12-,13?,14?,15+/m0/s1. The molecule has 1 amide bonds. The van der Waals surface area contributed by atoms with Gasteiger partial charge < -0.3 is 10.4 Å². The van der Waals surface area contributed by atoms with E-state index in [2.05, 4.69) is 24.4 Å². The molecule has 0 bridgehead atoms. The summed E-state index contributed by atoms with van der Waals surface area (Å²) in [5, 5.41) is 12.1. The van der Waals surface area contributed by atoms with Crippen LogP contribution in [0.2, 0.25) is 0 Å². The van der Waals surface area contributed by atoms with Crippen LogP contribution in [0.1, 0.15) is 42.7 Å². The van der Waals surface area contributed by atoms with E-state index >= 15 is 0 Å². The average Bonchev–Trinajstić information content (AvgIpc) is 3.11. The van der Waals surface area contributed by atoms with E-state index in [-0.39, 0.29) is 17.9 Å². The number of amides is 1. The largest absolute Gasteiger partial charge is 0.481 e. The summed E-state index contributed by atoms with van der Waals surface area (Å²) in [6.45, 7) is 2.07. The van der Waals surface area contributed by atoms with Gasteiger partial charge in [-0.1, -0.05) is 30.7 Å². The Kier molecular flexibility index (Phi) is 3.70. The van der Waals surface area contributed by atoms with Crippen molar-refractivity contribution in [2.75, 3.05) is 0 Å². The number of aliphatic carboxylic acids is 1. The zero-order chi connectivity index (χ0) is 15.0. The Morgan fingerprint density at radius 3 is 2.67 bits per heavy atom. The summed E-state index contributed by atoms with van der Waals surface area (Å²) in [6, 6.07) is 7.98. The quantitative estimate of drug-likeness (QED) is 0.894. The molecule has 1 aromatic carbocycles. The monoisotopic (exact) mass is 287 g/mol. The number of hydrogen-bond donors (Lipinski definition) is 2. The summed E-state index contributed by atoms with van der Waals surface area (Å²) in [5.41, 5.74) is 2.47. The number of hydrogen-bond acceptors (Lipinski definition) is 2. The number of aryl methyl sites for hydroxylation is 1. The highest BCUT2D eigenvalue weighted by atomic mass is 16.4. The first kappa shape index (κ1) is 14.1. The first-order chi connectivity index (χ1) is 10.1. The molecule has 0 saturated heterocycles. The van der Waals surface area contributed by atoms with Gasteiger partial charge in [-0.25, -0.2) is 0 Å². The van der Waals surface area contributed by atoms with Crippen molar-refractivity contribution < 1.29 is 14.7 Å². The second kappa shape index (κ2) is 5.51. The average molecular weight is 287 g/mol. The van der Waals surface area contributed by atoms with Crippen LogP contribution in [0.3, 0.4) is 0 Å². The zero-order valence-corrected chi connectivity index (χ0v) is 12.2. The second-order valence-electron chi connectivity index (χ2n) is 6.30. The van der Waals surface area contributed by atoms with Crippen LogP contribution in [0, 0.1) is 18.8 Å². The minimum Gasteiger partial charge on any atom is -0.481 e. The fraction of sp³-hybridized carbons (Fsp3) is 0.529. The van der Waals surface area contributed by atoms with E-state index in [0.717, 1.165) is 19.3 Å². The first-order valence-corrected chi connectivity index (χ1v) is 7.66. The van der Waals surface area contributed by atoms with Gasteiger partial charge in [0.2, 0.25) is 5.91 Å². The highest BCUT2D eigenvalue weighted by molar-refractivity contribution is 5.84. The van der Waals surface area contributed by atoms with E-state index < -0.39 is 11.9 Å². The highest BCUT2D eigenvalue weighted by Crippen LogP contribution is 2.48. The molecular formula is C17H21NO3. The van der Waals surface area contributed by atoms with E-state index in [1.165, 1.54) is 11.1 Å². The van der Waals surface area contributed by atoms with Gasteiger partial charge in [0.25, 0.3) is 0 Å². The zero-order valence-electron chi connectivity index (χ0n) is 12.2. The first-order valence-electron chi connectivity index (χ1n) is 7.66. The van der Waals surface area contributed by atoms with Crippen LogP contribution in [0.4, 0.5) is 0 Å². The number of benzene rings is 1. The Labute approximate surface area is 124 Å². The minimum absolute atomic E-state index is 0.0149. The maximum Gasteiger partial charge on any atom is 0.308 e. The van der Waals surface area contributed by atoms with Gasteiger partial charge in [0, 0.05) is 12.0 Å². The van der Waals surface area contributed by atoms with Gasteiger partial charge in [-0.2, -0.15) is 0 Å². The Bertz CT molecular complexity index is 569. The summed E-state index contributed by atoms with van der Waals surface area (Å²) in [4.78, 5) is 23.5. The van der Waals surface area contributed by atoms with Crippen molar-refractivity contribution in [3.05, 3.63) is 35.4 Å². The Morgan fingerprint density at radius 2 is 1.95 bits per heavy atom. The molecule has 4 atom stereocenters. The van der Waals surface area contributed by atoms with Crippen LogP contribution < -0.4 is 5.32 Å². The van der Waals surface area contributed by atoms with Crippen molar-refractivity contribution in [3.63, 3.8) is 0 Å². The highest BCUT2D eigenvalue weighted by Gasteiger charge is 2.46. The molecule has 0 radical (unpaired) electrons. The molecule has 2 fully saturated rings. The lowest BCUT2D eigenvalue weighted by Gasteiger charge is -2.17. The van der Waals surface area contributed by atoms with Crippen LogP contribution in [-0.4, -0.2) is 23.0 Å². The summed E-state index contributed by atoms with van der Waals surface area (Å²) in [7, 11) is 0. The number of rotatable bonds is 4. The fourth-order valence-electron chi connectivity index (χ4n) is 3.55. The summed E-state index contributed by atoms with van der Waals surface area (Å²) in [6.07, 6.45) is 3.21. The van der Waals surface area contributed by atoms with Crippen molar-refractivity contribution in [2.45, 2.75) is 44.6 Å². The van der Waals surface area contributed by atoms with Crippen molar-refractivity contribution in [3.8, 4) is 0 Å². The topological polar surface area (TPSA) is 66.4 Å².